The van der Waals surface area contributed by atoms with E-state index in [2.05, 4.69) is 31.0 Å². The third-order valence-corrected chi connectivity index (χ3v) is 6.15. The van der Waals surface area contributed by atoms with Gasteiger partial charge in [0.25, 0.3) is 0 Å². The number of hydrogen-bond donors (Lipinski definition) is 1. The molecule has 2 saturated heterocycles. The second-order valence-electron chi connectivity index (χ2n) is 7.64. The van der Waals surface area contributed by atoms with Gasteiger partial charge in [0, 0.05) is 44.9 Å². The Morgan fingerprint density at radius 2 is 1.71 bits per heavy atom. The van der Waals surface area contributed by atoms with Crippen molar-refractivity contribution in [1.29, 1.82) is 0 Å². The minimum absolute atomic E-state index is 0.108. The molecule has 21 heavy (non-hydrogen) atoms. The van der Waals surface area contributed by atoms with Gasteiger partial charge in [0.15, 0.2) is 9.84 Å². The number of rotatable bonds is 4. The fourth-order valence-electron chi connectivity index (χ4n) is 3.03. The van der Waals surface area contributed by atoms with Crippen LogP contribution in [0, 0.1) is 5.41 Å². The highest BCUT2D eigenvalue weighted by Crippen LogP contribution is 2.32. The van der Waals surface area contributed by atoms with Crippen LogP contribution in [0.2, 0.25) is 0 Å². The maximum absolute atomic E-state index is 11.6. The molecule has 0 radical (unpaired) electrons. The minimum atomic E-state index is -2.79. The highest BCUT2D eigenvalue weighted by atomic mass is 32.2. The number of sulfone groups is 1. The van der Waals surface area contributed by atoms with Crippen molar-refractivity contribution < 1.29 is 13.2 Å². The molecule has 1 N–H and O–H groups in total. The van der Waals surface area contributed by atoms with Crippen LogP contribution in [0.4, 0.5) is 0 Å². The molecular weight excluding hydrogens is 288 g/mol. The van der Waals surface area contributed by atoms with Crippen molar-refractivity contribution in [1.82, 2.24) is 10.2 Å². The Labute approximate surface area is 129 Å². The normalized spacial score (nSPS) is 26.6. The zero-order valence-corrected chi connectivity index (χ0v) is 14.5. The summed E-state index contributed by atoms with van der Waals surface area (Å²) in [5.41, 5.74) is 0.323. The van der Waals surface area contributed by atoms with Crippen LogP contribution in [0.1, 0.15) is 33.6 Å². The zero-order chi connectivity index (χ0) is 15.6. The van der Waals surface area contributed by atoms with Crippen molar-refractivity contribution in [2.45, 2.75) is 39.2 Å². The molecule has 0 aliphatic carbocycles. The molecule has 2 rings (SSSR count). The van der Waals surface area contributed by atoms with Gasteiger partial charge in [0.05, 0.1) is 11.5 Å². The first-order valence-electron chi connectivity index (χ1n) is 7.95. The summed E-state index contributed by atoms with van der Waals surface area (Å²) in [4.78, 5) is 2.33. The molecule has 0 aromatic carbocycles. The summed E-state index contributed by atoms with van der Waals surface area (Å²) in [6.07, 6.45) is 2.11. The molecule has 0 aromatic heterocycles. The summed E-state index contributed by atoms with van der Waals surface area (Å²) in [5.74, 6) is 0.624. The summed E-state index contributed by atoms with van der Waals surface area (Å²) >= 11 is 0. The Morgan fingerprint density at radius 3 is 2.24 bits per heavy atom. The van der Waals surface area contributed by atoms with E-state index in [0.29, 0.717) is 24.6 Å². The average Bonchev–Trinajstić information content (AvgIpc) is 2.40. The number of hydrogen-bond acceptors (Lipinski definition) is 5. The molecule has 0 atom stereocenters. The van der Waals surface area contributed by atoms with Crippen molar-refractivity contribution in [3.05, 3.63) is 0 Å². The molecule has 2 aliphatic rings. The first-order valence-corrected chi connectivity index (χ1v) is 9.78. The summed E-state index contributed by atoms with van der Waals surface area (Å²) in [6, 6.07) is 0. The lowest BCUT2D eigenvalue weighted by atomic mass is 9.79. The Kier molecular flexibility index (Phi) is 5.34. The maximum atomic E-state index is 11.6. The van der Waals surface area contributed by atoms with Gasteiger partial charge in [-0.2, -0.15) is 0 Å². The highest BCUT2D eigenvalue weighted by Gasteiger charge is 2.36. The molecule has 0 aromatic rings. The lowest BCUT2D eigenvalue weighted by Crippen LogP contribution is -2.53. The summed E-state index contributed by atoms with van der Waals surface area (Å²) in [7, 11) is -2.79. The van der Waals surface area contributed by atoms with E-state index >= 15 is 0 Å². The first-order chi connectivity index (χ1) is 9.70. The summed E-state index contributed by atoms with van der Waals surface area (Å²) in [5, 5.41) is 3.64. The van der Waals surface area contributed by atoms with Gasteiger partial charge in [-0.1, -0.05) is 0 Å². The lowest BCUT2D eigenvalue weighted by Gasteiger charge is -2.43. The van der Waals surface area contributed by atoms with Crippen LogP contribution >= 0.6 is 0 Å². The number of nitrogens with zero attached hydrogens (tertiary/aromatic N) is 1. The van der Waals surface area contributed by atoms with Crippen LogP contribution in [-0.2, 0) is 14.6 Å². The largest absolute Gasteiger partial charge is 0.381 e. The van der Waals surface area contributed by atoms with E-state index in [9.17, 15) is 8.42 Å². The van der Waals surface area contributed by atoms with Crippen LogP contribution in [0.15, 0.2) is 0 Å². The van der Waals surface area contributed by atoms with E-state index in [4.69, 9.17) is 4.74 Å². The van der Waals surface area contributed by atoms with Crippen LogP contribution in [0.5, 0.6) is 0 Å². The third-order valence-electron chi connectivity index (χ3n) is 4.54. The molecular formula is C15H30N2O3S. The van der Waals surface area contributed by atoms with Gasteiger partial charge < -0.3 is 15.0 Å². The summed E-state index contributed by atoms with van der Waals surface area (Å²) in [6.45, 7) is 11.5. The average molecular weight is 318 g/mol. The second-order valence-corrected chi connectivity index (χ2v) is 9.95. The van der Waals surface area contributed by atoms with Crippen molar-refractivity contribution in [3.63, 3.8) is 0 Å². The molecule has 2 aliphatic heterocycles. The molecule has 5 nitrogen and oxygen atoms in total. The zero-order valence-electron chi connectivity index (χ0n) is 13.7. The van der Waals surface area contributed by atoms with Gasteiger partial charge >= 0.3 is 0 Å². The lowest BCUT2D eigenvalue weighted by molar-refractivity contribution is -0.00587. The van der Waals surface area contributed by atoms with E-state index in [1.165, 1.54) is 0 Å². The third kappa shape index (κ3) is 5.51. The van der Waals surface area contributed by atoms with E-state index in [-0.39, 0.29) is 11.0 Å². The first kappa shape index (κ1) is 17.2. The van der Waals surface area contributed by atoms with E-state index in [1.54, 1.807) is 0 Å². The van der Waals surface area contributed by atoms with Gasteiger partial charge in [-0.3, -0.25) is 0 Å². The molecule has 6 heteroatoms. The molecule has 0 spiro atoms. The monoisotopic (exact) mass is 318 g/mol. The van der Waals surface area contributed by atoms with E-state index in [1.807, 2.05) is 0 Å². The van der Waals surface area contributed by atoms with Crippen molar-refractivity contribution in [2.75, 3.05) is 50.9 Å². The maximum Gasteiger partial charge on any atom is 0.152 e. The Balaban J connectivity index is 1.96. The Bertz CT molecular complexity index is 422. The van der Waals surface area contributed by atoms with Gasteiger partial charge in [0.2, 0.25) is 0 Å². The van der Waals surface area contributed by atoms with Crippen molar-refractivity contribution >= 4 is 9.84 Å². The summed E-state index contributed by atoms with van der Waals surface area (Å²) < 4.78 is 28.7. The topological polar surface area (TPSA) is 58.6 Å². The standard InChI is InChI=1S/C15H30N2O3S/c1-14(2,3)16-12-15(4-8-20-9-5-15)13-17-6-10-21(18,19)11-7-17/h16H,4-13H2,1-3H3. The number of nitrogens with one attached hydrogen (secondary N) is 1. The molecule has 0 bridgehead atoms. The molecule has 0 unspecified atom stereocenters. The molecule has 124 valence electrons. The predicted molar refractivity (Wildman–Crippen MR) is 85.3 cm³/mol. The quantitative estimate of drug-likeness (QED) is 0.835. The van der Waals surface area contributed by atoms with Crippen molar-refractivity contribution in [3.8, 4) is 0 Å². The predicted octanol–water partition coefficient (Wildman–Crippen LogP) is 0.902. The van der Waals surface area contributed by atoms with Crippen LogP contribution < -0.4 is 5.32 Å². The molecule has 2 fully saturated rings. The van der Waals surface area contributed by atoms with Gasteiger partial charge in [-0.15, -0.1) is 0 Å². The highest BCUT2D eigenvalue weighted by molar-refractivity contribution is 7.91. The molecule has 0 saturated carbocycles. The van der Waals surface area contributed by atoms with E-state index in [0.717, 1.165) is 39.1 Å². The van der Waals surface area contributed by atoms with Gasteiger partial charge in [-0.25, -0.2) is 8.42 Å². The Hall–Kier alpha value is -0.170. The SMILES string of the molecule is CC(C)(C)NCC1(CN2CCS(=O)(=O)CC2)CCOCC1. The van der Waals surface area contributed by atoms with Crippen molar-refractivity contribution in [2.24, 2.45) is 5.41 Å². The second kappa shape index (κ2) is 6.52. The minimum Gasteiger partial charge on any atom is -0.381 e. The van der Waals surface area contributed by atoms with Gasteiger partial charge in [0.1, 0.15) is 0 Å². The smallest absolute Gasteiger partial charge is 0.152 e. The Morgan fingerprint density at radius 1 is 1.14 bits per heavy atom. The van der Waals surface area contributed by atoms with Crippen LogP contribution in [-0.4, -0.2) is 69.8 Å². The molecule has 2 heterocycles. The number of ether oxygens (including phenoxy) is 1. The van der Waals surface area contributed by atoms with Crippen LogP contribution in [0.3, 0.4) is 0 Å². The molecule has 0 amide bonds. The van der Waals surface area contributed by atoms with Gasteiger partial charge in [-0.05, 0) is 39.0 Å². The fraction of sp³-hybridized carbons (Fsp3) is 1.00. The fourth-order valence-corrected chi connectivity index (χ4v) is 4.31. The van der Waals surface area contributed by atoms with Crippen LogP contribution in [0.25, 0.3) is 0 Å². The van der Waals surface area contributed by atoms with E-state index < -0.39 is 9.84 Å².